The minimum Gasteiger partial charge on any atom is -0.323 e. The van der Waals surface area contributed by atoms with Gasteiger partial charge in [0.05, 0.1) is 0 Å². The minimum atomic E-state index is 0.751. The molecule has 0 atom stereocenters. The standard InChI is InChI=1S/C12H13N3S/c1-9-8-10(2)14-12(13-9)16-15-11-6-4-3-5-7-11/h3-8,15H,1-2H3. The van der Waals surface area contributed by atoms with Gasteiger partial charge < -0.3 is 4.72 Å². The first-order chi connectivity index (χ1) is 7.74. The van der Waals surface area contributed by atoms with Crippen LogP contribution in [0.1, 0.15) is 11.4 Å². The van der Waals surface area contributed by atoms with Gasteiger partial charge in [0.1, 0.15) is 0 Å². The molecule has 4 heteroatoms. The summed E-state index contributed by atoms with van der Waals surface area (Å²) in [5.41, 5.74) is 3.03. The first kappa shape index (κ1) is 11.0. The zero-order chi connectivity index (χ0) is 11.4. The second-order valence-corrected chi connectivity index (χ2v) is 4.28. The number of aromatic nitrogens is 2. The van der Waals surface area contributed by atoms with Gasteiger partial charge in [0.25, 0.3) is 0 Å². The van der Waals surface area contributed by atoms with Crippen molar-refractivity contribution < 1.29 is 0 Å². The molecule has 0 saturated heterocycles. The van der Waals surface area contributed by atoms with Crippen molar-refractivity contribution in [1.29, 1.82) is 0 Å². The lowest BCUT2D eigenvalue weighted by Gasteiger charge is -2.05. The SMILES string of the molecule is Cc1cc(C)nc(SNc2ccccc2)n1. The second kappa shape index (κ2) is 4.99. The van der Waals surface area contributed by atoms with E-state index >= 15 is 0 Å². The van der Waals surface area contributed by atoms with Gasteiger partial charge in [-0.2, -0.15) is 0 Å². The number of nitrogens with one attached hydrogen (secondary N) is 1. The topological polar surface area (TPSA) is 37.8 Å². The van der Waals surface area contributed by atoms with Gasteiger partial charge in [-0.05, 0) is 32.0 Å². The summed E-state index contributed by atoms with van der Waals surface area (Å²) in [6.07, 6.45) is 0. The van der Waals surface area contributed by atoms with Gasteiger partial charge in [-0.15, -0.1) is 0 Å². The molecular weight excluding hydrogens is 218 g/mol. The van der Waals surface area contributed by atoms with E-state index in [4.69, 9.17) is 0 Å². The zero-order valence-corrected chi connectivity index (χ0v) is 10.1. The molecule has 1 aromatic carbocycles. The van der Waals surface area contributed by atoms with E-state index in [0.717, 1.165) is 22.2 Å². The first-order valence-electron chi connectivity index (χ1n) is 5.04. The maximum Gasteiger partial charge on any atom is 0.208 e. The highest BCUT2D eigenvalue weighted by molar-refractivity contribution is 8.00. The Balaban J connectivity index is 2.05. The van der Waals surface area contributed by atoms with E-state index in [1.807, 2.05) is 50.2 Å². The fourth-order valence-corrected chi connectivity index (χ4v) is 2.07. The number of para-hydroxylation sites is 1. The maximum atomic E-state index is 4.34. The van der Waals surface area contributed by atoms with Crippen LogP contribution >= 0.6 is 11.9 Å². The second-order valence-electron chi connectivity index (χ2n) is 3.50. The van der Waals surface area contributed by atoms with Crippen LogP contribution in [0.5, 0.6) is 0 Å². The summed E-state index contributed by atoms with van der Waals surface area (Å²) in [5, 5.41) is 0.751. The molecule has 1 aromatic heterocycles. The van der Waals surface area contributed by atoms with Crippen molar-refractivity contribution in [2.45, 2.75) is 19.0 Å². The Kier molecular flexibility index (Phi) is 3.41. The zero-order valence-electron chi connectivity index (χ0n) is 9.27. The summed E-state index contributed by atoms with van der Waals surface area (Å²) in [7, 11) is 0. The molecule has 82 valence electrons. The van der Waals surface area contributed by atoms with Crippen LogP contribution in [0, 0.1) is 13.8 Å². The van der Waals surface area contributed by atoms with Crippen molar-refractivity contribution in [2.24, 2.45) is 0 Å². The molecule has 16 heavy (non-hydrogen) atoms. The third-order valence-corrected chi connectivity index (χ3v) is 2.70. The summed E-state index contributed by atoms with van der Waals surface area (Å²) >= 11 is 1.43. The van der Waals surface area contributed by atoms with E-state index in [2.05, 4.69) is 14.7 Å². The van der Waals surface area contributed by atoms with Gasteiger partial charge in [-0.3, -0.25) is 0 Å². The normalized spacial score (nSPS) is 10.1. The van der Waals surface area contributed by atoms with Crippen LogP contribution in [0.4, 0.5) is 5.69 Å². The highest BCUT2D eigenvalue weighted by Crippen LogP contribution is 2.17. The summed E-state index contributed by atoms with van der Waals surface area (Å²) in [6, 6.07) is 12.0. The lowest BCUT2D eigenvalue weighted by atomic mass is 10.3. The quantitative estimate of drug-likeness (QED) is 0.650. The number of rotatable bonds is 3. The molecule has 0 aliphatic heterocycles. The number of anilines is 1. The van der Waals surface area contributed by atoms with Gasteiger partial charge in [0.2, 0.25) is 5.16 Å². The van der Waals surface area contributed by atoms with Crippen molar-refractivity contribution in [1.82, 2.24) is 9.97 Å². The van der Waals surface area contributed by atoms with Crippen LogP contribution < -0.4 is 4.72 Å². The Morgan fingerprint density at radius 2 is 1.62 bits per heavy atom. The Bertz CT molecular complexity index is 451. The molecule has 2 aromatic rings. The van der Waals surface area contributed by atoms with Crippen LogP contribution in [0.3, 0.4) is 0 Å². The minimum absolute atomic E-state index is 0.751. The van der Waals surface area contributed by atoms with E-state index in [1.165, 1.54) is 11.9 Å². The number of hydrogen-bond donors (Lipinski definition) is 1. The highest BCUT2D eigenvalue weighted by atomic mass is 32.2. The molecule has 1 heterocycles. The van der Waals surface area contributed by atoms with Gasteiger partial charge in [-0.25, -0.2) is 9.97 Å². The number of nitrogens with zero attached hydrogens (tertiary/aromatic N) is 2. The van der Waals surface area contributed by atoms with Gasteiger partial charge in [-0.1, -0.05) is 18.2 Å². The molecule has 0 fully saturated rings. The van der Waals surface area contributed by atoms with Crippen molar-refractivity contribution in [3.63, 3.8) is 0 Å². The third kappa shape index (κ3) is 2.97. The van der Waals surface area contributed by atoms with Crippen LogP contribution in [0.2, 0.25) is 0 Å². The Morgan fingerprint density at radius 1 is 1.00 bits per heavy atom. The fraction of sp³-hybridized carbons (Fsp3) is 0.167. The van der Waals surface area contributed by atoms with Crippen LogP contribution in [0.25, 0.3) is 0 Å². The smallest absolute Gasteiger partial charge is 0.208 e. The maximum absolute atomic E-state index is 4.34. The third-order valence-electron chi connectivity index (χ3n) is 2.00. The molecule has 0 saturated carbocycles. The molecule has 0 radical (unpaired) electrons. The van der Waals surface area contributed by atoms with Gasteiger partial charge >= 0.3 is 0 Å². The van der Waals surface area contributed by atoms with Crippen LogP contribution in [-0.2, 0) is 0 Å². The summed E-state index contributed by atoms with van der Waals surface area (Å²) in [6.45, 7) is 3.95. The lowest BCUT2D eigenvalue weighted by molar-refractivity contribution is 0.904. The van der Waals surface area contributed by atoms with Gasteiger partial charge in [0.15, 0.2) is 0 Å². The van der Waals surface area contributed by atoms with Crippen LogP contribution in [0.15, 0.2) is 41.6 Å². The fourth-order valence-electron chi connectivity index (χ4n) is 1.35. The lowest BCUT2D eigenvalue weighted by Crippen LogP contribution is -1.95. The predicted molar refractivity (Wildman–Crippen MR) is 67.4 cm³/mol. The Hall–Kier alpha value is -1.55. The summed E-state index contributed by atoms with van der Waals surface area (Å²) in [4.78, 5) is 8.68. The van der Waals surface area contributed by atoms with Crippen LogP contribution in [-0.4, -0.2) is 9.97 Å². The van der Waals surface area contributed by atoms with E-state index in [0.29, 0.717) is 0 Å². The molecule has 0 spiro atoms. The van der Waals surface area contributed by atoms with Gasteiger partial charge in [0, 0.05) is 29.0 Å². The van der Waals surface area contributed by atoms with Crippen molar-refractivity contribution in [3.05, 3.63) is 47.8 Å². The largest absolute Gasteiger partial charge is 0.323 e. The average Bonchev–Trinajstić information content (AvgIpc) is 2.27. The Labute approximate surface area is 99.5 Å². The van der Waals surface area contributed by atoms with Crippen molar-refractivity contribution >= 4 is 17.6 Å². The summed E-state index contributed by atoms with van der Waals surface area (Å²) in [5.74, 6) is 0. The molecule has 2 rings (SSSR count). The molecule has 0 unspecified atom stereocenters. The average molecular weight is 231 g/mol. The molecule has 0 bridgehead atoms. The monoisotopic (exact) mass is 231 g/mol. The van der Waals surface area contributed by atoms with E-state index in [9.17, 15) is 0 Å². The van der Waals surface area contributed by atoms with E-state index in [1.54, 1.807) is 0 Å². The molecule has 1 N–H and O–H groups in total. The number of aryl methyl sites for hydroxylation is 2. The molecule has 0 amide bonds. The van der Waals surface area contributed by atoms with E-state index < -0.39 is 0 Å². The van der Waals surface area contributed by atoms with E-state index in [-0.39, 0.29) is 0 Å². The van der Waals surface area contributed by atoms with Crippen molar-refractivity contribution in [3.8, 4) is 0 Å². The van der Waals surface area contributed by atoms with Crippen molar-refractivity contribution in [2.75, 3.05) is 4.72 Å². The molecule has 3 nitrogen and oxygen atoms in total. The Morgan fingerprint density at radius 3 is 2.25 bits per heavy atom. The summed E-state index contributed by atoms with van der Waals surface area (Å²) < 4.78 is 3.21. The number of hydrogen-bond acceptors (Lipinski definition) is 4. The predicted octanol–water partition coefficient (Wildman–Crippen LogP) is 3.21. The first-order valence-corrected chi connectivity index (χ1v) is 5.86. The number of benzene rings is 1. The molecular formula is C12H13N3S. The molecule has 0 aliphatic carbocycles. The highest BCUT2D eigenvalue weighted by Gasteiger charge is 2.00. The molecule has 0 aliphatic rings.